The van der Waals surface area contributed by atoms with Gasteiger partial charge in [0.05, 0.1) is 29.8 Å². The van der Waals surface area contributed by atoms with E-state index in [1.165, 1.54) is 18.5 Å². The monoisotopic (exact) mass is 578 g/mol. The number of anilines is 6. The number of carbonyl (C=O) groups excluding carboxylic acids is 1. The third kappa shape index (κ3) is 7.51. The Morgan fingerprint density at radius 2 is 1.76 bits per heavy atom. The van der Waals surface area contributed by atoms with Crippen LogP contribution in [0.25, 0.3) is 0 Å². The summed E-state index contributed by atoms with van der Waals surface area (Å²) in [6, 6.07) is 6.66. The maximum atomic E-state index is 14.8. The Labute approximate surface area is 245 Å². The van der Waals surface area contributed by atoms with E-state index in [0.29, 0.717) is 40.5 Å². The van der Waals surface area contributed by atoms with Crippen molar-refractivity contribution < 1.29 is 19.0 Å². The zero-order chi connectivity index (χ0) is 30.6. The fourth-order valence-electron chi connectivity index (χ4n) is 4.47. The molecule has 0 atom stereocenters. The number of halogens is 1. The fourth-order valence-corrected chi connectivity index (χ4v) is 4.47. The molecular formula is C30H39FN8O3. The molecule has 1 aliphatic rings. The molecule has 4 N–H and O–H groups in total. The lowest BCUT2D eigenvalue weighted by Crippen LogP contribution is -2.29. The number of carbonyl (C=O) groups is 1. The van der Waals surface area contributed by atoms with Gasteiger partial charge in [-0.05, 0) is 76.5 Å². The number of amides is 1. The third-order valence-electron chi connectivity index (χ3n) is 6.93. The van der Waals surface area contributed by atoms with E-state index < -0.39 is 5.60 Å². The molecule has 0 radical (unpaired) electrons. The Morgan fingerprint density at radius 1 is 1.10 bits per heavy atom. The number of nitrogens with zero attached hydrogens (tertiary/aromatic N) is 5. The second kappa shape index (κ2) is 12.7. The zero-order valence-corrected chi connectivity index (χ0v) is 25.0. The molecule has 1 fully saturated rings. The van der Waals surface area contributed by atoms with Crippen LogP contribution in [0.5, 0.6) is 5.75 Å². The summed E-state index contributed by atoms with van der Waals surface area (Å²) in [6.45, 7) is 8.27. The minimum absolute atomic E-state index is 0.171. The number of ether oxygens (including phenoxy) is 1. The van der Waals surface area contributed by atoms with Crippen molar-refractivity contribution >= 4 is 40.6 Å². The second-order valence-corrected chi connectivity index (χ2v) is 11.1. The van der Waals surface area contributed by atoms with Crippen molar-refractivity contribution in [2.24, 2.45) is 0 Å². The molecule has 4 rings (SSSR count). The molecule has 1 amide bonds. The topological polar surface area (TPSA) is 128 Å². The predicted molar refractivity (Wildman–Crippen MR) is 164 cm³/mol. The minimum Gasteiger partial charge on any atom is -0.494 e. The summed E-state index contributed by atoms with van der Waals surface area (Å²) >= 11 is 0. The van der Waals surface area contributed by atoms with E-state index >= 15 is 0 Å². The summed E-state index contributed by atoms with van der Waals surface area (Å²) in [6.07, 6.45) is 4.40. The number of benzene rings is 2. The molecule has 1 aliphatic carbocycles. The maximum absolute atomic E-state index is 14.8. The summed E-state index contributed by atoms with van der Waals surface area (Å²) < 4.78 is 20.5. The summed E-state index contributed by atoms with van der Waals surface area (Å²) in [5.74, 6) is 0.392. The molecule has 1 saturated carbocycles. The van der Waals surface area contributed by atoms with Crippen molar-refractivity contribution in [3.05, 3.63) is 60.2 Å². The molecule has 1 heterocycles. The summed E-state index contributed by atoms with van der Waals surface area (Å²) in [5, 5.41) is 19.9. The molecule has 2 aromatic carbocycles. The highest BCUT2D eigenvalue weighted by atomic mass is 19.1. The number of rotatable bonds is 13. The quantitative estimate of drug-likeness (QED) is 0.211. The van der Waals surface area contributed by atoms with E-state index in [4.69, 9.17) is 4.74 Å². The van der Waals surface area contributed by atoms with Gasteiger partial charge in [-0.15, -0.1) is 0 Å². The van der Waals surface area contributed by atoms with E-state index in [1.807, 2.05) is 32.1 Å². The molecular weight excluding hydrogens is 539 g/mol. The first-order chi connectivity index (χ1) is 19.9. The number of aromatic nitrogens is 3. The van der Waals surface area contributed by atoms with Gasteiger partial charge in [-0.1, -0.05) is 6.58 Å². The highest BCUT2D eigenvalue weighted by Crippen LogP contribution is 2.44. The van der Waals surface area contributed by atoms with Gasteiger partial charge in [-0.3, -0.25) is 4.79 Å². The minimum atomic E-state index is -1.31. The lowest BCUT2D eigenvalue weighted by atomic mass is 9.93. The number of likely N-dealkylation sites (N-methyl/N-ethyl adjacent to an activating group) is 2. The van der Waals surface area contributed by atoms with Gasteiger partial charge in [0.1, 0.15) is 17.9 Å². The normalized spacial score (nSPS) is 13.1. The van der Waals surface area contributed by atoms with Crippen LogP contribution in [-0.4, -0.2) is 72.2 Å². The van der Waals surface area contributed by atoms with Gasteiger partial charge in [0.25, 0.3) is 0 Å². The SMILES string of the molecule is C=CC(=O)Nc1cc(Nc2ncnc(Nc3cc(C4CC4)c(F)cc3C(C)(C)O)n2)c(OC)cc1N(C)CCN(C)C. The van der Waals surface area contributed by atoms with E-state index in [1.54, 1.807) is 33.1 Å². The maximum Gasteiger partial charge on any atom is 0.247 e. The molecule has 0 saturated heterocycles. The van der Waals surface area contributed by atoms with Crippen LogP contribution in [0.15, 0.2) is 43.2 Å². The van der Waals surface area contributed by atoms with Crippen LogP contribution in [0.4, 0.5) is 39.0 Å². The molecule has 0 bridgehead atoms. The van der Waals surface area contributed by atoms with Crippen LogP contribution < -0.4 is 25.6 Å². The van der Waals surface area contributed by atoms with Gasteiger partial charge in [0, 0.05) is 37.5 Å². The van der Waals surface area contributed by atoms with Gasteiger partial charge in [0.15, 0.2) is 0 Å². The van der Waals surface area contributed by atoms with Crippen LogP contribution in [0.1, 0.15) is 43.7 Å². The van der Waals surface area contributed by atoms with Crippen molar-refractivity contribution in [2.45, 2.75) is 38.2 Å². The van der Waals surface area contributed by atoms with Gasteiger partial charge in [-0.2, -0.15) is 4.98 Å². The first kappa shape index (κ1) is 30.7. The number of aliphatic hydroxyl groups is 1. The standard InChI is InChI=1S/C30H39FN8O3/c1-8-27(40)34-23-15-24(26(42-7)16-25(23)39(6)12-11-38(4)5)36-29-33-17-32-28(37-29)35-22-13-19(18-9-10-18)21(31)14-20(22)30(2,3)41/h8,13-18,41H,1,9-12H2,2-7H3,(H,34,40)(H2,32,33,35,36,37). The van der Waals surface area contributed by atoms with Crippen molar-refractivity contribution in [2.75, 3.05) is 62.2 Å². The smallest absolute Gasteiger partial charge is 0.247 e. The Bertz CT molecular complexity index is 1450. The second-order valence-electron chi connectivity index (χ2n) is 11.1. The van der Waals surface area contributed by atoms with Crippen molar-refractivity contribution in [1.29, 1.82) is 0 Å². The number of hydrogen-bond donors (Lipinski definition) is 4. The highest BCUT2D eigenvalue weighted by Gasteiger charge is 2.30. The Kier molecular flexibility index (Phi) is 9.27. The van der Waals surface area contributed by atoms with Crippen molar-refractivity contribution in [3.8, 4) is 5.75 Å². The van der Waals surface area contributed by atoms with Crippen molar-refractivity contribution in [1.82, 2.24) is 19.9 Å². The first-order valence-corrected chi connectivity index (χ1v) is 13.7. The molecule has 3 aromatic rings. The van der Waals surface area contributed by atoms with Crippen molar-refractivity contribution in [3.63, 3.8) is 0 Å². The molecule has 11 nitrogen and oxygen atoms in total. The third-order valence-corrected chi connectivity index (χ3v) is 6.93. The summed E-state index contributed by atoms with van der Waals surface area (Å²) in [5.41, 5.74) is 2.01. The Morgan fingerprint density at radius 3 is 2.33 bits per heavy atom. The predicted octanol–water partition coefficient (Wildman–Crippen LogP) is 4.73. The average molecular weight is 579 g/mol. The van der Waals surface area contributed by atoms with Crippen LogP contribution in [0, 0.1) is 5.82 Å². The number of hydrogen-bond acceptors (Lipinski definition) is 10. The Hall–Kier alpha value is -4.29. The average Bonchev–Trinajstić information content (AvgIpc) is 3.77. The van der Waals surface area contributed by atoms with E-state index in [9.17, 15) is 14.3 Å². The number of nitrogens with one attached hydrogen (secondary N) is 3. The fraction of sp³-hybridized carbons (Fsp3) is 0.400. The summed E-state index contributed by atoms with van der Waals surface area (Å²) in [7, 11) is 7.47. The molecule has 1 aromatic heterocycles. The molecule has 42 heavy (non-hydrogen) atoms. The first-order valence-electron chi connectivity index (χ1n) is 13.7. The van der Waals surface area contributed by atoms with E-state index in [0.717, 1.165) is 25.1 Å². The van der Waals surface area contributed by atoms with Gasteiger partial charge >= 0.3 is 0 Å². The van der Waals surface area contributed by atoms with Crippen LogP contribution in [0.3, 0.4) is 0 Å². The van der Waals surface area contributed by atoms with Gasteiger partial charge < -0.3 is 35.6 Å². The van der Waals surface area contributed by atoms with Gasteiger partial charge in [-0.25, -0.2) is 14.4 Å². The number of methoxy groups -OCH3 is 1. The van der Waals surface area contributed by atoms with Crippen LogP contribution in [0.2, 0.25) is 0 Å². The lowest BCUT2D eigenvalue weighted by Gasteiger charge is -2.26. The molecule has 224 valence electrons. The van der Waals surface area contributed by atoms with Crippen LogP contribution >= 0.6 is 0 Å². The van der Waals surface area contributed by atoms with E-state index in [2.05, 4.69) is 42.4 Å². The lowest BCUT2D eigenvalue weighted by molar-refractivity contribution is -0.111. The van der Waals surface area contributed by atoms with Gasteiger partial charge in [0.2, 0.25) is 17.8 Å². The zero-order valence-electron chi connectivity index (χ0n) is 25.0. The molecule has 0 spiro atoms. The molecule has 0 unspecified atom stereocenters. The molecule has 0 aliphatic heterocycles. The van der Waals surface area contributed by atoms with Crippen LogP contribution in [-0.2, 0) is 10.4 Å². The Balaban J connectivity index is 1.66. The highest BCUT2D eigenvalue weighted by molar-refractivity contribution is 6.02. The summed E-state index contributed by atoms with van der Waals surface area (Å²) in [4.78, 5) is 29.3. The molecule has 12 heteroatoms. The van der Waals surface area contributed by atoms with E-state index in [-0.39, 0.29) is 29.5 Å². The largest absolute Gasteiger partial charge is 0.494 e.